The molecule has 7 heteroatoms. The standard InChI is InChI=1S/C24H23N3O2S2/c1-15-8-10-17(11-9-15)12-13-20(28)26-24(30)27-23-21(22(25)29)16(2)19(31-23)14-18-6-4-3-5-7-18/h3-13H,14H2,1-2H3,(H2,25,29)(H2,26,27,28,30). The van der Waals surface area contributed by atoms with Crippen LogP contribution in [0.3, 0.4) is 0 Å². The van der Waals surface area contributed by atoms with Gasteiger partial charge in [0.05, 0.1) is 5.56 Å². The maximum Gasteiger partial charge on any atom is 0.251 e. The van der Waals surface area contributed by atoms with E-state index in [2.05, 4.69) is 10.6 Å². The Bertz CT molecular complexity index is 1130. The number of amides is 2. The van der Waals surface area contributed by atoms with Gasteiger partial charge < -0.3 is 11.1 Å². The molecule has 1 aromatic heterocycles. The largest absolute Gasteiger partial charge is 0.365 e. The van der Waals surface area contributed by atoms with Crippen molar-refractivity contribution in [1.82, 2.24) is 5.32 Å². The van der Waals surface area contributed by atoms with E-state index < -0.39 is 5.91 Å². The molecule has 0 spiro atoms. The average Bonchev–Trinajstić information content (AvgIpc) is 3.03. The van der Waals surface area contributed by atoms with E-state index in [-0.39, 0.29) is 11.0 Å². The predicted molar refractivity (Wildman–Crippen MR) is 131 cm³/mol. The van der Waals surface area contributed by atoms with Crippen LogP contribution in [0.1, 0.15) is 37.5 Å². The van der Waals surface area contributed by atoms with E-state index in [9.17, 15) is 9.59 Å². The van der Waals surface area contributed by atoms with Crippen LogP contribution in [-0.2, 0) is 11.2 Å². The molecule has 0 fully saturated rings. The van der Waals surface area contributed by atoms with E-state index in [1.54, 1.807) is 6.08 Å². The fourth-order valence-electron chi connectivity index (χ4n) is 3.03. The summed E-state index contributed by atoms with van der Waals surface area (Å²) in [5.74, 6) is -0.902. The third kappa shape index (κ3) is 6.10. The van der Waals surface area contributed by atoms with Gasteiger partial charge in [0.1, 0.15) is 5.00 Å². The summed E-state index contributed by atoms with van der Waals surface area (Å²) < 4.78 is 0. The fourth-order valence-corrected chi connectivity index (χ4v) is 4.55. The summed E-state index contributed by atoms with van der Waals surface area (Å²) in [7, 11) is 0. The van der Waals surface area contributed by atoms with Gasteiger partial charge in [0.25, 0.3) is 5.91 Å². The van der Waals surface area contributed by atoms with Gasteiger partial charge in [-0.1, -0.05) is 60.2 Å². The number of aryl methyl sites for hydroxylation is 1. The Morgan fingerprint density at radius 1 is 1.06 bits per heavy atom. The van der Waals surface area contributed by atoms with E-state index in [1.165, 1.54) is 17.4 Å². The summed E-state index contributed by atoms with van der Waals surface area (Å²) in [5.41, 5.74) is 10.0. The molecule has 2 aromatic carbocycles. The molecule has 31 heavy (non-hydrogen) atoms. The second kappa shape index (κ2) is 10.1. The first-order chi connectivity index (χ1) is 14.8. The first-order valence-corrected chi connectivity index (χ1v) is 10.9. The maximum atomic E-state index is 12.2. The molecular weight excluding hydrogens is 426 g/mol. The van der Waals surface area contributed by atoms with Crippen molar-refractivity contribution in [3.8, 4) is 0 Å². The van der Waals surface area contributed by atoms with Crippen molar-refractivity contribution >= 4 is 51.6 Å². The van der Waals surface area contributed by atoms with Gasteiger partial charge in [-0.2, -0.15) is 0 Å². The number of nitrogens with one attached hydrogen (secondary N) is 2. The Kier molecular flexibility index (Phi) is 7.33. The number of rotatable bonds is 6. The first kappa shape index (κ1) is 22.4. The molecule has 158 valence electrons. The Labute approximate surface area is 191 Å². The van der Waals surface area contributed by atoms with Gasteiger partial charge in [-0.05, 0) is 48.8 Å². The van der Waals surface area contributed by atoms with Crippen LogP contribution in [0.4, 0.5) is 5.00 Å². The van der Waals surface area contributed by atoms with E-state index in [0.29, 0.717) is 17.0 Å². The van der Waals surface area contributed by atoms with Gasteiger partial charge in [-0.25, -0.2) is 0 Å². The van der Waals surface area contributed by atoms with Crippen molar-refractivity contribution in [1.29, 1.82) is 0 Å². The lowest BCUT2D eigenvalue weighted by atomic mass is 10.1. The van der Waals surface area contributed by atoms with E-state index in [0.717, 1.165) is 27.1 Å². The summed E-state index contributed by atoms with van der Waals surface area (Å²) in [6.45, 7) is 3.87. The van der Waals surface area contributed by atoms with Crippen LogP contribution in [0, 0.1) is 13.8 Å². The summed E-state index contributed by atoms with van der Waals surface area (Å²) in [6, 6.07) is 17.8. The molecule has 2 amide bonds. The minimum absolute atomic E-state index is 0.105. The molecule has 0 saturated heterocycles. The van der Waals surface area contributed by atoms with E-state index >= 15 is 0 Å². The topological polar surface area (TPSA) is 84.2 Å². The zero-order chi connectivity index (χ0) is 22.4. The molecule has 1 heterocycles. The number of benzene rings is 2. The molecule has 3 aromatic rings. The number of primary amides is 1. The Hall–Kier alpha value is -3.29. The quantitative estimate of drug-likeness (QED) is 0.380. The average molecular weight is 450 g/mol. The van der Waals surface area contributed by atoms with Crippen LogP contribution in [-0.4, -0.2) is 16.9 Å². The zero-order valence-corrected chi connectivity index (χ0v) is 18.9. The van der Waals surface area contributed by atoms with Crippen LogP contribution in [0.25, 0.3) is 6.08 Å². The summed E-state index contributed by atoms with van der Waals surface area (Å²) >= 11 is 6.67. The monoisotopic (exact) mass is 449 g/mol. The molecule has 0 radical (unpaired) electrons. The lowest BCUT2D eigenvalue weighted by Gasteiger charge is -2.07. The summed E-state index contributed by atoms with van der Waals surface area (Å²) in [6.07, 6.45) is 3.80. The van der Waals surface area contributed by atoms with Gasteiger partial charge in [-0.3, -0.25) is 14.9 Å². The Balaban J connectivity index is 1.69. The number of hydrogen-bond acceptors (Lipinski definition) is 4. The lowest BCUT2D eigenvalue weighted by molar-refractivity contribution is -0.115. The van der Waals surface area contributed by atoms with Crippen LogP contribution in [0.15, 0.2) is 60.7 Å². The molecule has 3 rings (SSSR count). The SMILES string of the molecule is Cc1ccc(C=CC(=O)NC(=S)Nc2sc(Cc3ccccc3)c(C)c2C(N)=O)cc1. The molecule has 5 nitrogen and oxygen atoms in total. The molecule has 0 saturated carbocycles. The van der Waals surface area contributed by atoms with Gasteiger partial charge in [0, 0.05) is 17.4 Å². The van der Waals surface area contributed by atoms with Crippen LogP contribution >= 0.6 is 23.6 Å². The number of nitrogens with two attached hydrogens (primary N) is 1. The van der Waals surface area contributed by atoms with Crippen LogP contribution in [0.2, 0.25) is 0 Å². The van der Waals surface area contributed by atoms with E-state index in [1.807, 2.05) is 68.4 Å². The normalized spacial score (nSPS) is 10.8. The third-order valence-corrected chi connectivity index (χ3v) is 6.08. The Morgan fingerprint density at radius 2 is 1.74 bits per heavy atom. The predicted octanol–water partition coefficient (Wildman–Crippen LogP) is 4.58. The highest BCUT2D eigenvalue weighted by Gasteiger charge is 2.20. The molecule has 0 aliphatic carbocycles. The minimum atomic E-state index is -0.538. The minimum Gasteiger partial charge on any atom is -0.365 e. The molecule has 0 unspecified atom stereocenters. The van der Waals surface area contributed by atoms with Gasteiger partial charge in [0.15, 0.2) is 5.11 Å². The molecular formula is C24H23N3O2S2. The molecule has 0 bridgehead atoms. The highest BCUT2D eigenvalue weighted by atomic mass is 32.1. The molecule has 0 aliphatic rings. The highest BCUT2D eigenvalue weighted by Crippen LogP contribution is 2.34. The molecule has 0 aliphatic heterocycles. The van der Waals surface area contributed by atoms with Crippen LogP contribution in [0.5, 0.6) is 0 Å². The maximum absolute atomic E-state index is 12.2. The summed E-state index contributed by atoms with van der Waals surface area (Å²) in [5, 5.41) is 6.20. The van der Waals surface area contributed by atoms with E-state index in [4.69, 9.17) is 18.0 Å². The van der Waals surface area contributed by atoms with Gasteiger partial charge in [0.2, 0.25) is 5.91 Å². The number of hydrogen-bond donors (Lipinski definition) is 3. The first-order valence-electron chi connectivity index (χ1n) is 9.66. The number of thiophene rings is 1. The van der Waals surface area contributed by atoms with Crippen molar-refractivity contribution in [2.24, 2.45) is 5.73 Å². The number of carbonyl (C=O) groups is 2. The van der Waals surface area contributed by atoms with Crippen molar-refractivity contribution in [3.05, 3.63) is 93.4 Å². The van der Waals surface area contributed by atoms with Crippen LogP contribution < -0.4 is 16.4 Å². The van der Waals surface area contributed by atoms with Crippen molar-refractivity contribution in [2.45, 2.75) is 20.3 Å². The molecule has 0 atom stereocenters. The number of thiocarbonyl (C=S) groups is 1. The van der Waals surface area contributed by atoms with Crippen molar-refractivity contribution in [2.75, 3.05) is 5.32 Å². The second-order valence-electron chi connectivity index (χ2n) is 7.07. The highest BCUT2D eigenvalue weighted by molar-refractivity contribution is 7.80. The Morgan fingerprint density at radius 3 is 2.39 bits per heavy atom. The number of anilines is 1. The van der Waals surface area contributed by atoms with Crippen molar-refractivity contribution < 1.29 is 9.59 Å². The smallest absolute Gasteiger partial charge is 0.251 e. The van der Waals surface area contributed by atoms with Gasteiger partial charge >= 0.3 is 0 Å². The second-order valence-corrected chi connectivity index (χ2v) is 8.58. The summed E-state index contributed by atoms with van der Waals surface area (Å²) in [4.78, 5) is 25.3. The zero-order valence-electron chi connectivity index (χ0n) is 17.3. The third-order valence-electron chi connectivity index (χ3n) is 4.67. The fraction of sp³-hybridized carbons (Fsp3) is 0.125. The lowest BCUT2D eigenvalue weighted by Crippen LogP contribution is -2.33. The van der Waals surface area contributed by atoms with Crippen molar-refractivity contribution in [3.63, 3.8) is 0 Å². The number of carbonyl (C=O) groups excluding carboxylic acids is 2. The molecule has 4 N–H and O–H groups in total. The van der Waals surface area contributed by atoms with Gasteiger partial charge in [-0.15, -0.1) is 11.3 Å².